The van der Waals surface area contributed by atoms with Gasteiger partial charge in [-0.05, 0) is 66.9 Å². The van der Waals surface area contributed by atoms with Crippen LogP contribution in [0, 0.1) is 34.5 Å². The van der Waals surface area contributed by atoms with E-state index in [0.717, 1.165) is 37.1 Å². The molecule has 1 aromatic heterocycles. The predicted molar refractivity (Wildman–Crippen MR) is 116 cm³/mol. The minimum atomic E-state index is 0.197. The fourth-order valence-electron chi connectivity index (χ4n) is 7.49. The summed E-state index contributed by atoms with van der Waals surface area (Å²) in [6.45, 7) is 4.98. The molecule has 0 radical (unpaired) electrons. The highest BCUT2D eigenvalue weighted by Gasteiger charge is 2.57. The Kier molecular flexibility index (Phi) is 3.62. The van der Waals surface area contributed by atoms with E-state index < -0.39 is 0 Å². The van der Waals surface area contributed by atoms with E-state index in [4.69, 9.17) is 0 Å². The van der Waals surface area contributed by atoms with Crippen LogP contribution in [0.3, 0.4) is 0 Å². The molecular formula is C26H30N2O. The molecule has 0 amide bonds. The van der Waals surface area contributed by atoms with E-state index in [1.807, 2.05) is 6.33 Å². The van der Waals surface area contributed by atoms with E-state index in [0.29, 0.717) is 29.0 Å². The third kappa shape index (κ3) is 2.30. The van der Waals surface area contributed by atoms with Gasteiger partial charge in [-0.3, -0.25) is 4.79 Å². The number of hydrogen-bond acceptors (Lipinski definition) is 2. The molecule has 0 aliphatic heterocycles. The van der Waals surface area contributed by atoms with E-state index in [1.165, 1.54) is 24.1 Å². The number of hydrogen-bond donors (Lipinski definition) is 0. The Morgan fingerprint density at radius 3 is 2.86 bits per heavy atom. The van der Waals surface area contributed by atoms with Crippen molar-refractivity contribution >= 4 is 22.5 Å². The van der Waals surface area contributed by atoms with Crippen molar-refractivity contribution in [2.75, 3.05) is 0 Å². The van der Waals surface area contributed by atoms with E-state index in [9.17, 15) is 4.79 Å². The molecule has 2 saturated carbocycles. The van der Waals surface area contributed by atoms with E-state index in [2.05, 4.69) is 65.9 Å². The van der Waals surface area contributed by atoms with Crippen molar-refractivity contribution in [1.82, 2.24) is 9.55 Å². The predicted octanol–water partition coefficient (Wildman–Crippen LogP) is 5.87. The molecule has 2 aromatic rings. The molecule has 2 fully saturated rings. The molecule has 3 heteroatoms. The number of carbonyl (C=O) groups excluding carboxylic acids is 1. The van der Waals surface area contributed by atoms with Crippen LogP contribution in [0.1, 0.15) is 52.4 Å². The van der Waals surface area contributed by atoms with Gasteiger partial charge in [0.25, 0.3) is 0 Å². The van der Waals surface area contributed by atoms with Crippen molar-refractivity contribution in [1.29, 1.82) is 0 Å². The van der Waals surface area contributed by atoms with Crippen LogP contribution in [0.5, 0.6) is 0 Å². The Labute approximate surface area is 172 Å². The number of para-hydroxylation sites is 2. The maximum atomic E-state index is 12.1. The standard InChI is InChI=1S/C26H30N2O/c1-25-13-11-18(29)15-17(25)7-8-19-20-9-10-24(26(20,2)14-12-21(19)25)28-16-27-22-5-3-4-6-23(22)28/h3-8,10,16-17,19-21H,9,11-15H2,1-2H3/t17?,19-,20-,21-,25-,26-/m0/s1. The van der Waals surface area contributed by atoms with Crippen molar-refractivity contribution in [3.63, 3.8) is 0 Å². The lowest BCUT2D eigenvalue weighted by molar-refractivity contribution is -0.127. The minimum absolute atomic E-state index is 0.197. The highest BCUT2D eigenvalue weighted by atomic mass is 16.1. The molecule has 4 aliphatic rings. The first-order valence-electron chi connectivity index (χ1n) is 11.3. The molecule has 4 aliphatic carbocycles. The summed E-state index contributed by atoms with van der Waals surface area (Å²) in [6.07, 6.45) is 15.8. The lowest BCUT2D eigenvalue weighted by Crippen LogP contribution is -2.51. The summed E-state index contributed by atoms with van der Waals surface area (Å²) in [5.41, 5.74) is 4.25. The molecule has 1 heterocycles. The SMILES string of the molecule is C[C@]12CCC(=O)CC1C=C[C@@H]1[C@@H]2CC[C@]2(C)C(n3cnc4ccccc43)=CC[C@@H]12. The second-order valence-electron chi connectivity index (χ2n) is 10.4. The molecule has 0 bridgehead atoms. The number of benzene rings is 1. The summed E-state index contributed by atoms with van der Waals surface area (Å²) in [5.74, 6) is 2.93. The van der Waals surface area contributed by atoms with Crippen molar-refractivity contribution in [2.45, 2.75) is 52.4 Å². The first-order chi connectivity index (χ1) is 14.0. The van der Waals surface area contributed by atoms with E-state index >= 15 is 0 Å². The largest absolute Gasteiger partial charge is 0.302 e. The molecule has 6 atom stereocenters. The van der Waals surface area contributed by atoms with Crippen LogP contribution < -0.4 is 0 Å². The lowest BCUT2D eigenvalue weighted by atomic mass is 9.47. The number of rotatable bonds is 1. The molecule has 0 spiro atoms. The second kappa shape index (κ2) is 5.93. The molecule has 150 valence electrons. The van der Waals surface area contributed by atoms with Gasteiger partial charge in [0.2, 0.25) is 0 Å². The number of aromatic nitrogens is 2. The van der Waals surface area contributed by atoms with Crippen LogP contribution in [0.15, 0.2) is 48.8 Å². The average molecular weight is 387 g/mol. The number of fused-ring (bicyclic) bond motifs is 6. The third-order valence-corrected chi connectivity index (χ3v) is 9.24. The quantitative estimate of drug-likeness (QED) is 0.574. The van der Waals surface area contributed by atoms with Crippen molar-refractivity contribution < 1.29 is 4.79 Å². The average Bonchev–Trinajstić information content (AvgIpc) is 3.29. The van der Waals surface area contributed by atoms with E-state index in [-0.39, 0.29) is 5.41 Å². The Morgan fingerprint density at radius 1 is 1.10 bits per heavy atom. The zero-order valence-electron chi connectivity index (χ0n) is 17.5. The van der Waals surface area contributed by atoms with Gasteiger partial charge in [0.1, 0.15) is 12.1 Å². The number of carbonyl (C=O) groups is 1. The van der Waals surface area contributed by atoms with Crippen LogP contribution in [0.25, 0.3) is 16.7 Å². The number of imidazole rings is 1. The summed E-state index contributed by atoms with van der Waals surface area (Å²) >= 11 is 0. The van der Waals surface area contributed by atoms with Crippen LogP contribution in [0.2, 0.25) is 0 Å². The number of allylic oxidation sites excluding steroid dienone is 4. The molecular weight excluding hydrogens is 356 g/mol. The van der Waals surface area contributed by atoms with Gasteiger partial charge in [0, 0.05) is 24.0 Å². The fraction of sp³-hybridized carbons (Fsp3) is 0.538. The molecule has 29 heavy (non-hydrogen) atoms. The maximum Gasteiger partial charge on any atom is 0.133 e. The second-order valence-corrected chi connectivity index (χ2v) is 10.4. The van der Waals surface area contributed by atoms with Gasteiger partial charge in [0.15, 0.2) is 0 Å². The normalized spacial score (nSPS) is 41.0. The molecule has 1 unspecified atom stereocenters. The van der Waals surface area contributed by atoms with Gasteiger partial charge in [-0.15, -0.1) is 0 Å². The Hall–Kier alpha value is -2.16. The number of ketones is 1. The summed E-state index contributed by atoms with van der Waals surface area (Å²) in [6, 6.07) is 8.48. The molecule has 3 nitrogen and oxygen atoms in total. The first kappa shape index (κ1) is 17.7. The van der Waals surface area contributed by atoms with Crippen LogP contribution >= 0.6 is 0 Å². The van der Waals surface area contributed by atoms with Crippen molar-refractivity contribution in [3.8, 4) is 0 Å². The maximum absolute atomic E-state index is 12.1. The third-order valence-electron chi connectivity index (χ3n) is 9.24. The first-order valence-corrected chi connectivity index (χ1v) is 11.3. The molecule has 1 aromatic carbocycles. The zero-order chi connectivity index (χ0) is 19.8. The summed E-state index contributed by atoms with van der Waals surface area (Å²) in [7, 11) is 0. The molecule has 0 N–H and O–H groups in total. The van der Waals surface area contributed by atoms with Crippen LogP contribution in [-0.4, -0.2) is 15.3 Å². The smallest absolute Gasteiger partial charge is 0.133 e. The summed E-state index contributed by atoms with van der Waals surface area (Å²) in [4.78, 5) is 16.7. The lowest BCUT2D eigenvalue weighted by Gasteiger charge is -2.57. The van der Waals surface area contributed by atoms with Crippen molar-refractivity contribution in [2.24, 2.45) is 34.5 Å². The van der Waals surface area contributed by atoms with E-state index in [1.54, 1.807) is 0 Å². The topological polar surface area (TPSA) is 34.9 Å². The monoisotopic (exact) mass is 386 g/mol. The van der Waals surface area contributed by atoms with Crippen LogP contribution in [0.4, 0.5) is 0 Å². The summed E-state index contributed by atoms with van der Waals surface area (Å²) in [5, 5.41) is 0. The number of Topliss-reactive ketones (excluding diaryl/α,β-unsaturated/α-hetero) is 1. The Balaban J connectivity index is 1.37. The van der Waals surface area contributed by atoms with Gasteiger partial charge < -0.3 is 4.57 Å². The van der Waals surface area contributed by atoms with Crippen LogP contribution in [-0.2, 0) is 4.79 Å². The fourth-order valence-corrected chi connectivity index (χ4v) is 7.49. The van der Waals surface area contributed by atoms with Gasteiger partial charge >= 0.3 is 0 Å². The number of nitrogens with zero attached hydrogens (tertiary/aromatic N) is 2. The Bertz CT molecular complexity index is 1060. The highest BCUT2D eigenvalue weighted by molar-refractivity contribution is 5.81. The van der Waals surface area contributed by atoms with Gasteiger partial charge in [-0.1, -0.05) is 44.2 Å². The van der Waals surface area contributed by atoms with Gasteiger partial charge in [-0.25, -0.2) is 4.98 Å². The summed E-state index contributed by atoms with van der Waals surface area (Å²) < 4.78 is 2.35. The van der Waals surface area contributed by atoms with Gasteiger partial charge in [-0.2, -0.15) is 0 Å². The highest BCUT2D eigenvalue weighted by Crippen LogP contribution is 2.65. The minimum Gasteiger partial charge on any atom is -0.302 e. The molecule has 6 rings (SSSR count). The van der Waals surface area contributed by atoms with Gasteiger partial charge in [0.05, 0.1) is 11.0 Å². The zero-order valence-corrected chi connectivity index (χ0v) is 17.5. The molecule has 0 saturated heterocycles. The Morgan fingerprint density at radius 2 is 1.97 bits per heavy atom. The van der Waals surface area contributed by atoms with Crippen molar-refractivity contribution in [3.05, 3.63) is 48.8 Å².